The fourth-order valence-corrected chi connectivity index (χ4v) is 4.02. The standard InChI is InChI=1S/C21H29N5O2/c1-21(2,3)28-20(27)26-10-6-9-15(12-26)25-19-17-16(14-7-4-5-8-14)11-22-18(17)23-13-24-19/h7,11,13,15H,4-6,8-10,12H2,1-3H3,(H2,22,23,24,25)/t15-/m1/s1. The zero-order chi connectivity index (χ0) is 19.7. The van der Waals surface area contributed by atoms with E-state index < -0.39 is 5.60 Å². The first-order chi connectivity index (χ1) is 13.4. The Labute approximate surface area is 165 Å². The van der Waals surface area contributed by atoms with Gasteiger partial charge in [0.15, 0.2) is 0 Å². The highest BCUT2D eigenvalue weighted by molar-refractivity contribution is 5.98. The molecule has 1 saturated heterocycles. The zero-order valence-corrected chi connectivity index (χ0v) is 16.9. The molecule has 1 aliphatic heterocycles. The lowest BCUT2D eigenvalue weighted by Gasteiger charge is -2.34. The largest absolute Gasteiger partial charge is 0.444 e. The van der Waals surface area contributed by atoms with Crippen LogP contribution in [0.5, 0.6) is 0 Å². The van der Waals surface area contributed by atoms with Crippen molar-refractivity contribution in [3.05, 3.63) is 24.2 Å². The summed E-state index contributed by atoms with van der Waals surface area (Å²) in [5.74, 6) is 0.838. The highest BCUT2D eigenvalue weighted by atomic mass is 16.6. The minimum absolute atomic E-state index is 0.139. The molecule has 0 aromatic carbocycles. The number of aromatic amines is 1. The number of carbonyl (C=O) groups excluding carboxylic acids is 1. The lowest BCUT2D eigenvalue weighted by atomic mass is 10.0. The predicted octanol–water partition coefficient (Wildman–Crippen LogP) is 4.34. The second-order valence-corrected chi connectivity index (χ2v) is 8.68. The van der Waals surface area contributed by atoms with Gasteiger partial charge in [-0.25, -0.2) is 14.8 Å². The molecule has 4 rings (SSSR count). The van der Waals surface area contributed by atoms with Crippen molar-refractivity contribution >= 4 is 28.5 Å². The lowest BCUT2D eigenvalue weighted by molar-refractivity contribution is 0.0206. The number of hydrogen-bond acceptors (Lipinski definition) is 5. The van der Waals surface area contributed by atoms with Crippen LogP contribution in [0.4, 0.5) is 10.6 Å². The second-order valence-electron chi connectivity index (χ2n) is 8.68. The molecule has 3 heterocycles. The van der Waals surface area contributed by atoms with Crippen LogP contribution in [0.1, 0.15) is 58.4 Å². The number of piperidine rings is 1. The molecule has 0 bridgehead atoms. The van der Waals surface area contributed by atoms with E-state index in [1.807, 2.05) is 27.0 Å². The molecule has 28 heavy (non-hydrogen) atoms. The van der Waals surface area contributed by atoms with Crippen LogP contribution in [0.2, 0.25) is 0 Å². The first-order valence-electron chi connectivity index (χ1n) is 10.2. The van der Waals surface area contributed by atoms with Crippen LogP contribution < -0.4 is 5.32 Å². The number of nitrogens with one attached hydrogen (secondary N) is 2. The van der Waals surface area contributed by atoms with E-state index in [2.05, 4.69) is 26.3 Å². The average Bonchev–Trinajstić information content (AvgIpc) is 3.30. The van der Waals surface area contributed by atoms with E-state index >= 15 is 0 Å². The molecule has 1 aliphatic carbocycles. The summed E-state index contributed by atoms with van der Waals surface area (Å²) in [5.41, 5.74) is 2.92. The minimum atomic E-state index is -0.481. The molecule has 7 heteroatoms. The number of likely N-dealkylation sites (tertiary alicyclic amines) is 1. The molecule has 2 aromatic heterocycles. The number of carbonyl (C=O) groups is 1. The van der Waals surface area contributed by atoms with Gasteiger partial charge in [-0.1, -0.05) is 6.08 Å². The van der Waals surface area contributed by atoms with Crippen molar-refractivity contribution in [2.75, 3.05) is 18.4 Å². The maximum absolute atomic E-state index is 12.4. The molecule has 2 aliphatic rings. The molecule has 7 nitrogen and oxygen atoms in total. The molecule has 0 radical (unpaired) electrons. The van der Waals surface area contributed by atoms with Crippen LogP contribution in [0.3, 0.4) is 0 Å². The molecule has 0 saturated carbocycles. The van der Waals surface area contributed by atoms with Crippen molar-refractivity contribution in [2.45, 2.75) is 64.5 Å². The van der Waals surface area contributed by atoms with Gasteiger partial charge in [0.25, 0.3) is 0 Å². The summed E-state index contributed by atoms with van der Waals surface area (Å²) in [4.78, 5) is 26.4. The fourth-order valence-electron chi connectivity index (χ4n) is 4.02. The Morgan fingerprint density at radius 1 is 1.32 bits per heavy atom. The van der Waals surface area contributed by atoms with Crippen molar-refractivity contribution in [3.8, 4) is 0 Å². The Hall–Kier alpha value is -2.57. The van der Waals surface area contributed by atoms with Crippen molar-refractivity contribution < 1.29 is 9.53 Å². The summed E-state index contributed by atoms with van der Waals surface area (Å²) in [7, 11) is 0. The molecule has 0 unspecified atom stereocenters. The second kappa shape index (κ2) is 7.45. The zero-order valence-electron chi connectivity index (χ0n) is 16.9. The molecule has 150 valence electrons. The summed E-state index contributed by atoms with van der Waals surface area (Å²) in [6.45, 7) is 7.03. The highest BCUT2D eigenvalue weighted by Gasteiger charge is 2.28. The third-order valence-electron chi connectivity index (χ3n) is 5.27. The Morgan fingerprint density at radius 2 is 2.18 bits per heavy atom. The summed E-state index contributed by atoms with van der Waals surface area (Å²) >= 11 is 0. The van der Waals surface area contributed by atoms with Gasteiger partial charge in [0.05, 0.1) is 5.39 Å². The summed E-state index contributed by atoms with van der Waals surface area (Å²) in [6, 6.07) is 0.139. The number of allylic oxidation sites excluding steroid dienone is 2. The van der Waals surface area contributed by atoms with Gasteiger partial charge in [-0.05, 0) is 58.4 Å². The van der Waals surface area contributed by atoms with E-state index in [1.165, 1.54) is 17.6 Å². The first kappa shape index (κ1) is 18.8. The Bertz CT molecular complexity index is 896. The fraction of sp³-hybridized carbons (Fsp3) is 0.571. The first-order valence-corrected chi connectivity index (χ1v) is 10.2. The maximum atomic E-state index is 12.4. The maximum Gasteiger partial charge on any atom is 0.410 e. The molecular formula is C21H29N5O2. The van der Waals surface area contributed by atoms with E-state index in [-0.39, 0.29) is 12.1 Å². The number of aromatic nitrogens is 3. The molecule has 1 fully saturated rings. The number of rotatable bonds is 3. The smallest absolute Gasteiger partial charge is 0.410 e. The monoisotopic (exact) mass is 383 g/mol. The predicted molar refractivity (Wildman–Crippen MR) is 110 cm³/mol. The SMILES string of the molecule is CC(C)(C)OC(=O)N1CCC[C@@H](Nc2ncnc3[nH]cc(C4=CCCC4)c23)C1. The van der Waals surface area contributed by atoms with Crippen molar-refractivity contribution in [2.24, 2.45) is 0 Å². The van der Waals surface area contributed by atoms with Gasteiger partial charge < -0.3 is 19.9 Å². The van der Waals surface area contributed by atoms with E-state index in [0.29, 0.717) is 6.54 Å². The van der Waals surface area contributed by atoms with Gasteiger partial charge >= 0.3 is 6.09 Å². The Kier molecular flexibility index (Phi) is 5.00. The molecule has 1 atom stereocenters. The van der Waals surface area contributed by atoms with E-state index in [9.17, 15) is 4.79 Å². The topological polar surface area (TPSA) is 83.1 Å². The molecule has 1 amide bonds. The summed E-state index contributed by atoms with van der Waals surface area (Å²) < 4.78 is 5.54. The summed E-state index contributed by atoms with van der Waals surface area (Å²) in [6.07, 6.45) is 11.0. The molecule has 0 spiro atoms. The molecular weight excluding hydrogens is 354 g/mol. The van der Waals surface area contributed by atoms with Crippen LogP contribution in [-0.4, -0.2) is 50.7 Å². The van der Waals surface area contributed by atoms with Gasteiger partial charge in [0.2, 0.25) is 0 Å². The Morgan fingerprint density at radius 3 is 2.93 bits per heavy atom. The third kappa shape index (κ3) is 3.98. The van der Waals surface area contributed by atoms with E-state index in [1.54, 1.807) is 11.2 Å². The van der Waals surface area contributed by atoms with Crippen LogP contribution >= 0.6 is 0 Å². The van der Waals surface area contributed by atoms with Crippen molar-refractivity contribution in [3.63, 3.8) is 0 Å². The van der Waals surface area contributed by atoms with Gasteiger partial charge in [0.1, 0.15) is 23.4 Å². The molecule has 2 N–H and O–H groups in total. The van der Waals surface area contributed by atoms with Crippen LogP contribution in [-0.2, 0) is 4.74 Å². The lowest BCUT2D eigenvalue weighted by Crippen LogP contribution is -2.47. The van der Waals surface area contributed by atoms with Gasteiger partial charge in [-0.15, -0.1) is 0 Å². The number of ether oxygens (including phenoxy) is 1. The number of anilines is 1. The third-order valence-corrected chi connectivity index (χ3v) is 5.27. The number of H-pyrrole nitrogens is 1. The van der Waals surface area contributed by atoms with E-state index in [4.69, 9.17) is 4.74 Å². The minimum Gasteiger partial charge on any atom is -0.444 e. The van der Waals surface area contributed by atoms with Gasteiger partial charge in [-0.2, -0.15) is 0 Å². The Balaban J connectivity index is 1.53. The number of amides is 1. The van der Waals surface area contributed by atoms with Crippen LogP contribution in [0, 0.1) is 0 Å². The average molecular weight is 383 g/mol. The van der Waals surface area contributed by atoms with Crippen LogP contribution in [0.15, 0.2) is 18.6 Å². The number of hydrogen-bond donors (Lipinski definition) is 2. The normalized spacial score (nSPS) is 20.3. The summed E-state index contributed by atoms with van der Waals surface area (Å²) in [5, 5.41) is 4.62. The number of nitrogens with zero attached hydrogens (tertiary/aromatic N) is 3. The van der Waals surface area contributed by atoms with Gasteiger partial charge in [0, 0.05) is 30.9 Å². The van der Waals surface area contributed by atoms with Crippen molar-refractivity contribution in [1.29, 1.82) is 0 Å². The van der Waals surface area contributed by atoms with Crippen LogP contribution in [0.25, 0.3) is 16.6 Å². The highest BCUT2D eigenvalue weighted by Crippen LogP contribution is 2.35. The molecule has 2 aromatic rings. The van der Waals surface area contributed by atoms with Crippen molar-refractivity contribution in [1.82, 2.24) is 19.9 Å². The quantitative estimate of drug-likeness (QED) is 0.824. The van der Waals surface area contributed by atoms with Gasteiger partial charge in [-0.3, -0.25) is 0 Å². The van der Waals surface area contributed by atoms with E-state index in [0.717, 1.165) is 49.1 Å². The number of fused-ring (bicyclic) bond motifs is 1.